The predicted octanol–water partition coefficient (Wildman–Crippen LogP) is -2.01. The van der Waals surface area contributed by atoms with E-state index in [0.717, 1.165) is 24.0 Å². The summed E-state index contributed by atoms with van der Waals surface area (Å²) in [4.78, 5) is 0. The van der Waals surface area contributed by atoms with Gasteiger partial charge in [0.15, 0.2) is 0 Å². The van der Waals surface area contributed by atoms with E-state index < -0.39 is 0 Å². The molecule has 1 aromatic carbocycles. The van der Waals surface area contributed by atoms with E-state index in [1.807, 2.05) is 30.3 Å². The van der Waals surface area contributed by atoms with Crippen LogP contribution in [0.2, 0.25) is 0 Å². The zero-order valence-electron chi connectivity index (χ0n) is 11.4. The molecule has 0 heterocycles. The van der Waals surface area contributed by atoms with Crippen molar-refractivity contribution < 1.29 is 51.0 Å². The van der Waals surface area contributed by atoms with Crippen LogP contribution in [0.4, 0.5) is 0 Å². The molecule has 0 fully saturated rings. The van der Waals surface area contributed by atoms with Crippen LogP contribution in [0.25, 0.3) is 0 Å². The molecule has 2 aliphatic carbocycles. The van der Waals surface area contributed by atoms with E-state index in [-0.39, 0.29) is 51.0 Å². The molecule has 0 spiro atoms. The third-order valence-electron chi connectivity index (χ3n) is 3.07. The van der Waals surface area contributed by atoms with Crippen LogP contribution in [0.15, 0.2) is 71.4 Å². The van der Waals surface area contributed by atoms with Crippen LogP contribution in [0, 0.1) is 17.9 Å². The Bertz CT molecular complexity index is 641. The molecular weight excluding hydrogens is 378 g/mol. The molecule has 3 rings (SSSR count). The van der Waals surface area contributed by atoms with Gasteiger partial charge >= 0.3 is 26.2 Å². The molecule has 0 nitrogen and oxygen atoms in total. The van der Waals surface area contributed by atoms with Crippen LogP contribution < -0.4 is 24.8 Å². The number of halogens is 2. The first-order chi connectivity index (χ1) is 8.93. The molecular formula is C18H13Cl2Zr. The van der Waals surface area contributed by atoms with Crippen molar-refractivity contribution in [1.29, 1.82) is 0 Å². The van der Waals surface area contributed by atoms with Gasteiger partial charge in [-0.15, -0.1) is 11.6 Å². The predicted molar refractivity (Wildman–Crippen MR) is 74.6 cm³/mol. The van der Waals surface area contributed by atoms with E-state index in [2.05, 4.69) is 42.2 Å². The maximum absolute atomic E-state index is 3.37. The first-order valence-electron chi connectivity index (χ1n) is 6.18. The summed E-state index contributed by atoms with van der Waals surface area (Å²) in [5.41, 5.74) is 4.72. The molecule has 21 heavy (non-hydrogen) atoms. The summed E-state index contributed by atoms with van der Waals surface area (Å²) in [5.74, 6) is 6.49. The topological polar surface area (TPSA) is 0 Å². The van der Waals surface area contributed by atoms with Crippen LogP contribution in [0.1, 0.15) is 18.4 Å². The quantitative estimate of drug-likeness (QED) is 0.384. The molecule has 0 atom stereocenters. The molecule has 0 aromatic heterocycles. The van der Waals surface area contributed by atoms with Crippen molar-refractivity contribution in [3.05, 3.63) is 83.0 Å². The van der Waals surface area contributed by atoms with E-state index >= 15 is 0 Å². The standard InChI is InChI=1S/C18H13.2ClH.Zr/c1-2-7-15(8-3-1)13-14-17-11-6-12-18(17)16-9-4-5-10-16;;;/h1-4,6-9,11H,5,12H2;2*1H;/q-1;;;+3/p-2. The van der Waals surface area contributed by atoms with Gasteiger partial charge in [-0.05, 0) is 17.7 Å². The zero-order valence-corrected chi connectivity index (χ0v) is 15.3. The summed E-state index contributed by atoms with van der Waals surface area (Å²) in [7, 11) is 0. The van der Waals surface area contributed by atoms with Gasteiger partial charge in [0.1, 0.15) is 0 Å². The Kier molecular flexibility index (Phi) is 9.64. The fourth-order valence-electron chi connectivity index (χ4n) is 2.15. The molecule has 0 saturated heterocycles. The second-order valence-electron chi connectivity index (χ2n) is 4.31. The largest absolute Gasteiger partial charge is 3.00 e. The molecule has 103 valence electrons. The van der Waals surface area contributed by atoms with Crippen molar-refractivity contribution in [2.24, 2.45) is 0 Å². The van der Waals surface area contributed by atoms with Crippen LogP contribution in [-0.4, -0.2) is 0 Å². The van der Waals surface area contributed by atoms with Gasteiger partial charge in [0.25, 0.3) is 0 Å². The third kappa shape index (κ3) is 5.15. The summed E-state index contributed by atoms with van der Waals surface area (Å²) in [6.07, 6.45) is 13.8. The second-order valence-corrected chi connectivity index (χ2v) is 4.31. The summed E-state index contributed by atoms with van der Waals surface area (Å²) in [5, 5.41) is 0. The van der Waals surface area contributed by atoms with Gasteiger partial charge in [-0.3, -0.25) is 0 Å². The average molecular weight is 391 g/mol. The van der Waals surface area contributed by atoms with E-state index in [1.54, 1.807) is 0 Å². The van der Waals surface area contributed by atoms with Gasteiger partial charge in [0.05, 0.1) is 0 Å². The van der Waals surface area contributed by atoms with Gasteiger partial charge in [-0.1, -0.05) is 55.0 Å². The Morgan fingerprint density at radius 2 is 1.67 bits per heavy atom. The first-order valence-corrected chi connectivity index (χ1v) is 6.18. The van der Waals surface area contributed by atoms with Crippen molar-refractivity contribution in [3.8, 4) is 11.8 Å². The Morgan fingerprint density at radius 3 is 2.33 bits per heavy atom. The van der Waals surface area contributed by atoms with E-state index in [4.69, 9.17) is 0 Å². The Labute approximate surface area is 158 Å². The third-order valence-corrected chi connectivity index (χ3v) is 3.07. The van der Waals surface area contributed by atoms with Crippen LogP contribution in [-0.2, 0) is 26.2 Å². The number of allylic oxidation sites excluding steroid dienone is 8. The maximum atomic E-state index is 3.37. The van der Waals surface area contributed by atoms with Crippen LogP contribution >= 0.6 is 0 Å². The van der Waals surface area contributed by atoms with Gasteiger partial charge in [-0.2, -0.15) is 17.7 Å². The molecule has 1 radical (unpaired) electrons. The minimum absolute atomic E-state index is 0. The number of hydrogen-bond acceptors (Lipinski definition) is 0. The number of benzene rings is 1. The monoisotopic (exact) mass is 389 g/mol. The van der Waals surface area contributed by atoms with Crippen molar-refractivity contribution in [1.82, 2.24) is 0 Å². The Morgan fingerprint density at radius 1 is 0.905 bits per heavy atom. The van der Waals surface area contributed by atoms with Crippen LogP contribution in [0.3, 0.4) is 0 Å². The van der Waals surface area contributed by atoms with Crippen molar-refractivity contribution >= 4 is 0 Å². The molecule has 2 aliphatic rings. The Balaban J connectivity index is 0.00000133. The fourth-order valence-corrected chi connectivity index (χ4v) is 2.15. The molecule has 3 heteroatoms. The summed E-state index contributed by atoms with van der Waals surface area (Å²) < 4.78 is 0. The second kappa shape index (κ2) is 10.0. The average Bonchev–Trinajstić information content (AvgIpc) is 3.08. The van der Waals surface area contributed by atoms with Crippen molar-refractivity contribution in [2.45, 2.75) is 12.8 Å². The van der Waals surface area contributed by atoms with Crippen molar-refractivity contribution in [2.75, 3.05) is 0 Å². The molecule has 0 saturated carbocycles. The summed E-state index contributed by atoms with van der Waals surface area (Å²) in [6, 6.07) is 10.1. The van der Waals surface area contributed by atoms with Gasteiger partial charge in [-0.25, -0.2) is 0 Å². The van der Waals surface area contributed by atoms with Gasteiger partial charge in [0, 0.05) is 5.56 Å². The van der Waals surface area contributed by atoms with Crippen LogP contribution in [0.5, 0.6) is 0 Å². The molecule has 0 N–H and O–H groups in total. The first kappa shape index (κ1) is 20.2. The Hall–Kier alpha value is -0.797. The molecule has 0 unspecified atom stereocenters. The molecule has 1 aromatic rings. The summed E-state index contributed by atoms with van der Waals surface area (Å²) in [6.45, 7) is 0. The van der Waals surface area contributed by atoms with E-state index in [0.29, 0.717) is 0 Å². The molecule has 0 bridgehead atoms. The van der Waals surface area contributed by atoms with Gasteiger partial charge in [0.2, 0.25) is 0 Å². The minimum atomic E-state index is 0. The fraction of sp³-hybridized carbons (Fsp3) is 0.111. The van der Waals surface area contributed by atoms with Crippen molar-refractivity contribution in [3.63, 3.8) is 0 Å². The molecule has 0 aliphatic heterocycles. The summed E-state index contributed by atoms with van der Waals surface area (Å²) >= 11 is 0. The van der Waals surface area contributed by atoms with E-state index in [9.17, 15) is 0 Å². The molecule has 0 amide bonds. The minimum Gasteiger partial charge on any atom is -1.00 e. The number of rotatable bonds is 1. The zero-order chi connectivity index (χ0) is 12.2. The number of hydrogen-bond donors (Lipinski definition) is 0. The normalized spacial score (nSPS) is 14.4. The van der Waals surface area contributed by atoms with Gasteiger partial charge < -0.3 is 24.8 Å². The maximum Gasteiger partial charge on any atom is 3.00 e. The SMILES string of the molecule is C(#Cc1ccccc1)C1=C(C2=[C-]CC=C2)CC=C1.[Cl-].[Cl-].[Zr+3]. The smallest absolute Gasteiger partial charge is 1.00 e. The van der Waals surface area contributed by atoms with E-state index in [1.165, 1.54) is 11.1 Å².